The van der Waals surface area contributed by atoms with Crippen LogP contribution < -0.4 is 4.74 Å². The molecule has 0 aliphatic carbocycles. The highest BCUT2D eigenvalue weighted by atomic mass is 16.8. The van der Waals surface area contributed by atoms with Crippen molar-refractivity contribution < 1.29 is 33.6 Å². The molecular weight excluding hydrogens is 408 g/mol. The maximum Gasteiger partial charge on any atom is 0.534 e. The third kappa shape index (κ3) is 6.53. The van der Waals surface area contributed by atoms with E-state index in [0.717, 1.165) is 5.56 Å². The van der Waals surface area contributed by atoms with Gasteiger partial charge in [-0.1, -0.05) is 49.2 Å². The lowest BCUT2D eigenvalue weighted by Crippen LogP contribution is -2.32. The third-order valence-corrected chi connectivity index (χ3v) is 4.01. The van der Waals surface area contributed by atoms with E-state index < -0.39 is 29.5 Å². The van der Waals surface area contributed by atoms with Gasteiger partial charge in [0, 0.05) is 18.9 Å². The van der Waals surface area contributed by atoms with Crippen LogP contribution in [0.15, 0.2) is 48.5 Å². The van der Waals surface area contributed by atoms with Gasteiger partial charge in [0.15, 0.2) is 0 Å². The molecule has 1 saturated heterocycles. The lowest BCUT2D eigenvalue weighted by molar-refractivity contribution is -0.385. The summed E-state index contributed by atoms with van der Waals surface area (Å²) in [6.07, 6.45) is -1.44. The van der Waals surface area contributed by atoms with Gasteiger partial charge in [0.05, 0.1) is 10.5 Å². The zero-order valence-electron chi connectivity index (χ0n) is 17.1. The molecule has 0 saturated carbocycles. The first kappa shape index (κ1) is 23.3. The molecular formula is C21H22N2O8. The van der Waals surface area contributed by atoms with Crippen LogP contribution in [0, 0.1) is 10.1 Å². The highest BCUT2D eigenvalue weighted by Gasteiger charge is 2.33. The Morgan fingerprint density at radius 2 is 1.68 bits per heavy atom. The summed E-state index contributed by atoms with van der Waals surface area (Å²) in [4.78, 5) is 49.8. The number of hydrogen-bond acceptors (Lipinski definition) is 8. The summed E-state index contributed by atoms with van der Waals surface area (Å²) in [6, 6.07) is 13.4. The van der Waals surface area contributed by atoms with Crippen LogP contribution in [0.4, 0.5) is 10.5 Å². The van der Waals surface area contributed by atoms with E-state index in [9.17, 15) is 24.5 Å². The van der Waals surface area contributed by atoms with E-state index in [1.807, 2.05) is 44.2 Å². The Bertz CT molecular complexity index is 930. The summed E-state index contributed by atoms with van der Waals surface area (Å²) in [5.41, 5.74) is 0.696. The molecule has 0 unspecified atom stereocenters. The minimum Gasteiger partial charge on any atom is -0.489 e. The fourth-order valence-electron chi connectivity index (χ4n) is 2.58. The van der Waals surface area contributed by atoms with E-state index in [4.69, 9.17) is 9.47 Å². The molecule has 1 fully saturated rings. The summed E-state index contributed by atoms with van der Waals surface area (Å²) in [7, 11) is 0. The third-order valence-electron chi connectivity index (χ3n) is 4.01. The second-order valence-corrected chi connectivity index (χ2v) is 6.03. The van der Waals surface area contributed by atoms with Crippen LogP contribution >= 0.6 is 0 Å². The molecule has 0 aromatic heterocycles. The van der Waals surface area contributed by atoms with E-state index in [2.05, 4.69) is 4.84 Å². The Morgan fingerprint density at radius 3 is 2.29 bits per heavy atom. The molecule has 2 aromatic carbocycles. The molecule has 10 nitrogen and oxygen atoms in total. The number of rotatable bonds is 7. The number of ether oxygens (including phenoxy) is 2. The molecule has 0 bridgehead atoms. The van der Waals surface area contributed by atoms with Gasteiger partial charge in [0.25, 0.3) is 17.5 Å². The van der Waals surface area contributed by atoms with Crippen molar-refractivity contribution in [1.29, 1.82) is 0 Å². The largest absolute Gasteiger partial charge is 0.534 e. The van der Waals surface area contributed by atoms with E-state index in [1.165, 1.54) is 18.2 Å². The summed E-state index contributed by atoms with van der Waals surface area (Å²) in [5.74, 6) is -0.972. The molecule has 10 heteroatoms. The molecule has 0 radical (unpaired) electrons. The first-order valence-electron chi connectivity index (χ1n) is 9.58. The SMILES string of the molecule is CC.O=C(OCc1cc(OCc2ccccc2)ccc1[N+](=O)[O-])ON1C(=O)CCC1=O. The predicted octanol–water partition coefficient (Wildman–Crippen LogP) is 3.92. The minimum atomic E-state index is -1.32. The molecule has 2 amide bonds. The predicted molar refractivity (Wildman–Crippen MR) is 108 cm³/mol. The number of nitrogens with zero attached hydrogens (tertiary/aromatic N) is 2. The number of benzene rings is 2. The molecule has 2 aromatic rings. The van der Waals surface area contributed by atoms with E-state index in [1.54, 1.807) is 0 Å². The maximum atomic E-state index is 11.7. The summed E-state index contributed by atoms with van der Waals surface area (Å²) < 4.78 is 10.4. The van der Waals surface area contributed by atoms with Crippen LogP contribution in [0.3, 0.4) is 0 Å². The van der Waals surface area contributed by atoms with E-state index >= 15 is 0 Å². The van der Waals surface area contributed by atoms with Crippen molar-refractivity contribution in [3.8, 4) is 5.75 Å². The molecule has 0 spiro atoms. The zero-order chi connectivity index (χ0) is 22.8. The van der Waals surface area contributed by atoms with Crippen LogP contribution in [0.2, 0.25) is 0 Å². The summed E-state index contributed by atoms with van der Waals surface area (Å²) >= 11 is 0. The Labute approximate surface area is 178 Å². The quantitative estimate of drug-likeness (QED) is 0.280. The molecule has 0 N–H and O–H groups in total. The van der Waals surface area contributed by atoms with Crippen LogP contribution in [0.5, 0.6) is 5.75 Å². The normalized spacial score (nSPS) is 12.6. The molecule has 1 heterocycles. The van der Waals surface area contributed by atoms with Gasteiger partial charge < -0.3 is 9.47 Å². The fourth-order valence-corrected chi connectivity index (χ4v) is 2.58. The number of carbonyl (C=O) groups is 3. The Kier molecular flexibility index (Phi) is 8.50. The van der Waals surface area contributed by atoms with Gasteiger partial charge >= 0.3 is 6.16 Å². The minimum absolute atomic E-state index is 0.0572. The molecule has 164 valence electrons. The molecule has 0 atom stereocenters. The average molecular weight is 430 g/mol. The monoisotopic (exact) mass is 430 g/mol. The van der Waals surface area contributed by atoms with Crippen molar-refractivity contribution in [3.05, 3.63) is 69.8 Å². The average Bonchev–Trinajstić information content (AvgIpc) is 3.10. The van der Waals surface area contributed by atoms with Crippen LogP contribution in [-0.4, -0.2) is 28.0 Å². The van der Waals surface area contributed by atoms with Crippen molar-refractivity contribution in [2.24, 2.45) is 0 Å². The molecule has 1 aliphatic rings. The lowest BCUT2D eigenvalue weighted by Gasteiger charge is -2.13. The number of carbonyl (C=O) groups excluding carboxylic acids is 3. The number of hydrogen-bond donors (Lipinski definition) is 0. The van der Waals surface area contributed by atoms with E-state index in [0.29, 0.717) is 10.8 Å². The Morgan fingerprint density at radius 1 is 1.03 bits per heavy atom. The summed E-state index contributed by atoms with van der Waals surface area (Å²) in [6.45, 7) is 3.74. The second-order valence-electron chi connectivity index (χ2n) is 6.03. The first-order valence-corrected chi connectivity index (χ1v) is 9.58. The van der Waals surface area contributed by atoms with Gasteiger partial charge in [-0.15, -0.1) is 0 Å². The van der Waals surface area contributed by atoms with Crippen molar-refractivity contribution in [1.82, 2.24) is 5.06 Å². The highest BCUT2D eigenvalue weighted by Crippen LogP contribution is 2.26. The lowest BCUT2D eigenvalue weighted by atomic mass is 10.2. The second kappa shape index (κ2) is 11.3. The highest BCUT2D eigenvalue weighted by molar-refractivity contribution is 6.01. The number of hydroxylamine groups is 2. The fraction of sp³-hybridized carbons (Fsp3) is 0.286. The van der Waals surface area contributed by atoms with Gasteiger partial charge in [0.1, 0.15) is 19.0 Å². The van der Waals surface area contributed by atoms with E-state index in [-0.39, 0.29) is 30.7 Å². The zero-order valence-corrected chi connectivity index (χ0v) is 17.1. The van der Waals surface area contributed by atoms with Gasteiger partial charge in [-0.25, -0.2) is 4.79 Å². The van der Waals surface area contributed by atoms with Crippen LogP contribution in [0.25, 0.3) is 0 Å². The molecule has 1 aliphatic heterocycles. The summed E-state index contributed by atoms with van der Waals surface area (Å²) in [5, 5.41) is 11.5. The number of amides is 2. The number of imide groups is 1. The van der Waals surface area contributed by atoms with Crippen LogP contribution in [0.1, 0.15) is 37.8 Å². The van der Waals surface area contributed by atoms with Crippen molar-refractivity contribution >= 4 is 23.7 Å². The Balaban J connectivity index is 0.00000166. The van der Waals surface area contributed by atoms with Gasteiger partial charge in [0.2, 0.25) is 0 Å². The van der Waals surface area contributed by atoms with Gasteiger partial charge in [-0.3, -0.25) is 24.5 Å². The topological polar surface area (TPSA) is 125 Å². The van der Waals surface area contributed by atoms with Crippen molar-refractivity contribution in [2.45, 2.75) is 39.9 Å². The Hall–Kier alpha value is -3.95. The van der Waals surface area contributed by atoms with Crippen LogP contribution in [-0.2, 0) is 32.4 Å². The standard InChI is InChI=1S/C19H16N2O8.C2H6/c22-17-8-9-18(23)20(17)29-19(24)28-12-14-10-15(6-7-16(14)21(25)26)27-11-13-4-2-1-3-5-13;1-2/h1-7,10H,8-9,11-12H2;1-2H3. The van der Waals surface area contributed by atoms with Gasteiger partial charge in [-0.2, -0.15) is 0 Å². The van der Waals surface area contributed by atoms with Crippen molar-refractivity contribution in [2.75, 3.05) is 0 Å². The number of nitro benzene ring substituents is 1. The number of nitro groups is 1. The van der Waals surface area contributed by atoms with Crippen molar-refractivity contribution in [3.63, 3.8) is 0 Å². The smallest absolute Gasteiger partial charge is 0.489 e. The first-order chi connectivity index (χ1) is 14.9. The maximum absolute atomic E-state index is 11.7. The molecule has 3 rings (SSSR count). The molecule has 31 heavy (non-hydrogen) atoms. The van der Waals surface area contributed by atoms with Gasteiger partial charge in [-0.05, 0) is 17.7 Å².